The van der Waals surface area contributed by atoms with Gasteiger partial charge in [-0.1, -0.05) is 71.4 Å². The topological polar surface area (TPSA) is 77.1 Å². The number of anilines is 1. The van der Waals surface area contributed by atoms with E-state index in [1.807, 2.05) is 87.5 Å². The van der Waals surface area contributed by atoms with Gasteiger partial charge in [0, 0.05) is 11.1 Å². The van der Waals surface area contributed by atoms with Gasteiger partial charge in [0.1, 0.15) is 11.1 Å². The molecule has 5 aromatic rings. The SMILES string of the molecule is Cc1ccc(Cn2c(SCC(=O)Nc3ccc(C)cc3C)nc3c(oc4ccccc43)c2=O)cc1. The minimum atomic E-state index is -0.260. The summed E-state index contributed by atoms with van der Waals surface area (Å²) in [6.07, 6.45) is 0. The number of thioether (sulfide) groups is 1. The number of hydrogen-bond acceptors (Lipinski definition) is 5. The van der Waals surface area contributed by atoms with Gasteiger partial charge in [0.2, 0.25) is 11.5 Å². The van der Waals surface area contributed by atoms with Gasteiger partial charge in [0.05, 0.1) is 12.3 Å². The number of amides is 1. The molecule has 0 saturated carbocycles. The summed E-state index contributed by atoms with van der Waals surface area (Å²) < 4.78 is 7.47. The molecule has 0 saturated heterocycles. The van der Waals surface area contributed by atoms with Crippen LogP contribution in [0.5, 0.6) is 0 Å². The van der Waals surface area contributed by atoms with E-state index >= 15 is 0 Å². The van der Waals surface area contributed by atoms with Crippen LogP contribution in [0, 0.1) is 20.8 Å². The van der Waals surface area contributed by atoms with Gasteiger partial charge in [0.15, 0.2) is 5.16 Å². The number of fused-ring (bicyclic) bond motifs is 3. The predicted octanol–water partition coefficient (Wildman–Crippen LogP) is 5.85. The smallest absolute Gasteiger partial charge is 0.298 e. The second kappa shape index (κ2) is 9.43. The van der Waals surface area contributed by atoms with Gasteiger partial charge in [-0.15, -0.1) is 0 Å². The summed E-state index contributed by atoms with van der Waals surface area (Å²) in [7, 11) is 0. The third-order valence-electron chi connectivity index (χ3n) is 5.90. The Balaban J connectivity index is 1.50. The summed E-state index contributed by atoms with van der Waals surface area (Å²) in [6.45, 7) is 6.34. The largest absolute Gasteiger partial charge is 0.448 e. The van der Waals surface area contributed by atoms with Crippen LogP contribution in [0.25, 0.3) is 22.1 Å². The monoisotopic (exact) mass is 483 g/mol. The van der Waals surface area contributed by atoms with Crippen LogP contribution in [0.2, 0.25) is 0 Å². The van der Waals surface area contributed by atoms with Crippen molar-refractivity contribution in [2.45, 2.75) is 32.5 Å². The highest BCUT2D eigenvalue weighted by molar-refractivity contribution is 7.99. The fourth-order valence-electron chi connectivity index (χ4n) is 4.05. The minimum absolute atomic E-state index is 0.120. The lowest BCUT2D eigenvalue weighted by Gasteiger charge is -2.13. The third-order valence-corrected chi connectivity index (χ3v) is 6.87. The fraction of sp³-hybridized carbons (Fsp3) is 0.179. The number of carbonyl (C=O) groups is 1. The van der Waals surface area contributed by atoms with Crippen molar-refractivity contribution in [1.29, 1.82) is 0 Å². The van der Waals surface area contributed by atoms with Crippen molar-refractivity contribution < 1.29 is 9.21 Å². The van der Waals surface area contributed by atoms with Crippen LogP contribution in [-0.4, -0.2) is 21.2 Å². The second-order valence-corrected chi connectivity index (χ2v) is 9.64. The van der Waals surface area contributed by atoms with E-state index in [1.165, 1.54) is 11.8 Å². The average molecular weight is 484 g/mol. The molecule has 0 aliphatic rings. The highest BCUT2D eigenvalue weighted by Gasteiger charge is 2.19. The molecule has 35 heavy (non-hydrogen) atoms. The van der Waals surface area contributed by atoms with E-state index in [-0.39, 0.29) is 22.8 Å². The van der Waals surface area contributed by atoms with Gasteiger partial charge in [-0.2, -0.15) is 0 Å². The molecule has 0 radical (unpaired) electrons. The summed E-state index contributed by atoms with van der Waals surface area (Å²) in [6, 6.07) is 21.4. The fourth-order valence-corrected chi connectivity index (χ4v) is 4.84. The van der Waals surface area contributed by atoms with Gasteiger partial charge >= 0.3 is 0 Å². The highest BCUT2D eigenvalue weighted by atomic mass is 32.2. The summed E-state index contributed by atoms with van der Waals surface area (Å²) >= 11 is 1.24. The van der Waals surface area contributed by atoms with E-state index in [9.17, 15) is 9.59 Å². The van der Waals surface area contributed by atoms with Crippen molar-refractivity contribution >= 4 is 45.4 Å². The van der Waals surface area contributed by atoms with Gasteiger partial charge in [-0.05, 0) is 50.1 Å². The van der Waals surface area contributed by atoms with Crippen LogP contribution in [-0.2, 0) is 11.3 Å². The maximum Gasteiger partial charge on any atom is 0.298 e. The summed E-state index contributed by atoms with van der Waals surface area (Å²) in [4.78, 5) is 31.1. The van der Waals surface area contributed by atoms with Crippen molar-refractivity contribution in [2.75, 3.05) is 11.1 Å². The zero-order valence-electron chi connectivity index (χ0n) is 19.8. The molecule has 7 heteroatoms. The maximum atomic E-state index is 13.5. The van der Waals surface area contributed by atoms with Gasteiger partial charge in [-0.25, -0.2) is 4.98 Å². The molecule has 0 aliphatic heterocycles. The summed E-state index contributed by atoms with van der Waals surface area (Å²) in [5.41, 5.74) is 6.13. The lowest BCUT2D eigenvalue weighted by atomic mass is 10.1. The van der Waals surface area contributed by atoms with E-state index < -0.39 is 0 Å². The van der Waals surface area contributed by atoms with Crippen LogP contribution < -0.4 is 10.9 Å². The summed E-state index contributed by atoms with van der Waals surface area (Å²) in [5.74, 6) is -0.0372. The minimum Gasteiger partial charge on any atom is -0.448 e. The Morgan fingerprint density at radius 3 is 2.51 bits per heavy atom. The molecule has 1 N–H and O–H groups in total. The number of aryl methyl sites for hydroxylation is 3. The van der Waals surface area contributed by atoms with E-state index in [2.05, 4.69) is 5.32 Å². The van der Waals surface area contributed by atoms with E-state index in [0.717, 1.165) is 33.3 Å². The second-order valence-electron chi connectivity index (χ2n) is 8.70. The Kier molecular flexibility index (Phi) is 6.17. The van der Waals surface area contributed by atoms with Crippen LogP contribution in [0.1, 0.15) is 22.3 Å². The lowest BCUT2D eigenvalue weighted by molar-refractivity contribution is -0.113. The molecule has 6 nitrogen and oxygen atoms in total. The van der Waals surface area contributed by atoms with Crippen LogP contribution >= 0.6 is 11.8 Å². The van der Waals surface area contributed by atoms with Crippen molar-refractivity contribution in [1.82, 2.24) is 9.55 Å². The number of carbonyl (C=O) groups excluding carboxylic acids is 1. The maximum absolute atomic E-state index is 13.5. The molecule has 176 valence electrons. The highest BCUT2D eigenvalue weighted by Crippen LogP contribution is 2.28. The first-order valence-corrected chi connectivity index (χ1v) is 12.3. The molecule has 3 aromatic carbocycles. The Labute approximate surface area is 207 Å². The number of benzene rings is 3. The normalized spacial score (nSPS) is 11.3. The Hall–Kier alpha value is -3.84. The summed E-state index contributed by atoms with van der Waals surface area (Å²) in [5, 5.41) is 4.22. The molecule has 0 unspecified atom stereocenters. The first-order valence-electron chi connectivity index (χ1n) is 11.4. The number of furan rings is 1. The first-order chi connectivity index (χ1) is 16.9. The van der Waals surface area contributed by atoms with E-state index in [0.29, 0.717) is 22.8 Å². The third kappa shape index (κ3) is 4.72. The molecule has 0 spiro atoms. The van der Waals surface area contributed by atoms with Gasteiger partial charge in [-0.3, -0.25) is 14.2 Å². The molecule has 5 rings (SSSR count). The van der Waals surface area contributed by atoms with E-state index in [4.69, 9.17) is 9.40 Å². The standard InChI is InChI=1S/C28H25N3O3S/c1-17-8-11-20(12-9-17)15-31-27(33)26-25(21-6-4-5-7-23(21)34-26)30-28(31)35-16-24(32)29-22-13-10-18(2)14-19(22)3/h4-14H,15-16H2,1-3H3,(H,29,32). The van der Waals surface area contributed by atoms with Gasteiger partial charge < -0.3 is 9.73 Å². The molecular formula is C28H25N3O3S. The number of nitrogens with zero attached hydrogens (tertiary/aromatic N) is 2. The number of rotatable bonds is 6. The molecule has 0 aliphatic carbocycles. The average Bonchev–Trinajstić information content (AvgIpc) is 3.22. The molecule has 0 fully saturated rings. The predicted molar refractivity (Wildman–Crippen MR) is 141 cm³/mol. The van der Waals surface area contributed by atoms with Gasteiger partial charge in [0.25, 0.3) is 5.56 Å². The first kappa shape index (κ1) is 22.9. The van der Waals surface area contributed by atoms with Crippen molar-refractivity contribution in [3.63, 3.8) is 0 Å². The zero-order valence-corrected chi connectivity index (χ0v) is 20.6. The Bertz CT molecular complexity index is 1620. The molecule has 0 bridgehead atoms. The molecule has 0 atom stereocenters. The quantitative estimate of drug-likeness (QED) is 0.242. The van der Waals surface area contributed by atoms with Crippen LogP contribution in [0.3, 0.4) is 0 Å². The van der Waals surface area contributed by atoms with Crippen molar-refractivity contribution in [2.24, 2.45) is 0 Å². The van der Waals surface area contributed by atoms with Crippen LogP contribution in [0.4, 0.5) is 5.69 Å². The molecule has 1 amide bonds. The molecular weight excluding hydrogens is 458 g/mol. The number of nitrogens with one attached hydrogen (secondary N) is 1. The zero-order chi connectivity index (χ0) is 24.5. The number of hydrogen-bond donors (Lipinski definition) is 1. The number of para-hydroxylation sites is 1. The number of aromatic nitrogens is 2. The van der Waals surface area contributed by atoms with Crippen molar-refractivity contribution in [3.05, 3.63) is 99.3 Å². The molecule has 2 heterocycles. The van der Waals surface area contributed by atoms with Crippen LogP contribution in [0.15, 0.2) is 81.1 Å². The van der Waals surface area contributed by atoms with E-state index in [1.54, 1.807) is 4.57 Å². The lowest BCUT2D eigenvalue weighted by Crippen LogP contribution is -2.24. The molecule has 2 aromatic heterocycles. The Morgan fingerprint density at radius 1 is 1.00 bits per heavy atom. The Morgan fingerprint density at radius 2 is 1.74 bits per heavy atom. The van der Waals surface area contributed by atoms with Crippen molar-refractivity contribution in [3.8, 4) is 0 Å².